The summed E-state index contributed by atoms with van der Waals surface area (Å²) < 4.78 is 24.6. The Morgan fingerprint density at radius 1 is 0.828 bits per heavy atom. The lowest BCUT2D eigenvalue weighted by molar-refractivity contribution is -0.279. The van der Waals surface area contributed by atoms with Crippen molar-refractivity contribution < 1.29 is 24.1 Å². The quantitative estimate of drug-likeness (QED) is 0.623. The Morgan fingerprint density at radius 3 is 2.17 bits per heavy atom. The van der Waals surface area contributed by atoms with Crippen molar-refractivity contribution in [1.82, 2.24) is 0 Å². The van der Waals surface area contributed by atoms with E-state index in [1.807, 2.05) is 0 Å². The average Bonchev–Trinajstić information content (AvgIpc) is 3.40. The van der Waals surface area contributed by atoms with E-state index in [4.69, 9.17) is 18.9 Å². The Kier molecular flexibility index (Phi) is 3.89. The van der Waals surface area contributed by atoms with Crippen LogP contribution in [0.5, 0.6) is 0 Å². The fraction of sp³-hybridized carbons (Fsp3) is 0.917. The van der Waals surface area contributed by atoms with Gasteiger partial charge in [0, 0.05) is 30.1 Å². The standard InChI is InChI=1S/C24H36O5/c1-16-14-17-18(4-6-21(3)19(17)5-7-24(21)28-12-13-29-24)20(2)8-9-22(15-23(16,20)25)26-10-11-27-22/h17-19,25H,1,4-15H2,2-3H3/t17-,18+,19+,20-,21+,23+/m1/s1. The lowest BCUT2D eigenvalue weighted by Gasteiger charge is -2.65. The predicted octanol–water partition coefficient (Wildman–Crippen LogP) is 3.80. The third-order valence-electron chi connectivity index (χ3n) is 10.4. The maximum Gasteiger partial charge on any atom is 0.174 e. The van der Waals surface area contributed by atoms with Gasteiger partial charge < -0.3 is 24.1 Å². The van der Waals surface area contributed by atoms with Gasteiger partial charge in [0.1, 0.15) is 0 Å². The van der Waals surface area contributed by atoms with Crippen LogP contribution in [0.25, 0.3) is 0 Å². The first-order chi connectivity index (χ1) is 13.8. The second kappa shape index (κ2) is 5.86. The first-order valence-electron chi connectivity index (χ1n) is 11.7. The molecule has 4 saturated carbocycles. The molecule has 6 rings (SSSR count). The Morgan fingerprint density at radius 2 is 1.45 bits per heavy atom. The molecule has 29 heavy (non-hydrogen) atoms. The summed E-state index contributed by atoms with van der Waals surface area (Å²) in [6, 6.07) is 0. The van der Waals surface area contributed by atoms with Gasteiger partial charge in [-0.2, -0.15) is 0 Å². The van der Waals surface area contributed by atoms with E-state index in [0.29, 0.717) is 37.4 Å². The number of hydrogen-bond acceptors (Lipinski definition) is 5. The van der Waals surface area contributed by atoms with Crippen LogP contribution in [0.4, 0.5) is 0 Å². The van der Waals surface area contributed by atoms with Crippen molar-refractivity contribution >= 4 is 0 Å². The van der Waals surface area contributed by atoms with Crippen molar-refractivity contribution in [2.75, 3.05) is 26.4 Å². The van der Waals surface area contributed by atoms with Crippen molar-refractivity contribution in [2.45, 2.75) is 82.4 Å². The smallest absolute Gasteiger partial charge is 0.174 e. The van der Waals surface area contributed by atoms with Crippen molar-refractivity contribution in [3.8, 4) is 0 Å². The van der Waals surface area contributed by atoms with E-state index in [2.05, 4.69) is 20.4 Å². The number of fused-ring (bicyclic) bond motifs is 6. The maximum absolute atomic E-state index is 12.1. The molecule has 2 spiro atoms. The molecule has 0 aromatic heterocycles. The number of hydrogen-bond donors (Lipinski definition) is 1. The molecule has 6 atom stereocenters. The van der Waals surface area contributed by atoms with Gasteiger partial charge in [-0.25, -0.2) is 0 Å². The molecule has 0 radical (unpaired) electrons. The molecule has 1 N–H and O–H groups in total. The Labute approximate surface area is 174 Å². The summed E-state index contributed by atoms with van der Waals surface area (Å²) in [6.07, 6.45) is 7.68. The zero-order valence-corrected chi connectivity index (χ0v) is 18.0. The molecule has 6 fully saturated rings. The molecule has 0 amide bonds. The Balaban J connectivity index is 1.35. The van der Waals surface area contributed by atoms with Gasteiger partial charge in [-0.05, 0) is 55.4 Å². The summed E-state index contributed by atoms with van der Waals surface area (Å²) in [7, 11) is 0. The summed E-state index contributed by atoms with van der Waals surface area (Å²) >= 11 is 0. The van der Waals surface area contributed by atoms with Gasteiger partial charge in [-0.15, -0.1) is 0 Å². The van der Waals surface area contributed by atoms with Crippen molar-refractivity contribution in [1.29, 1.82) is 0 Å². The van der Waals surface area contributed by atoms with E-state index in [9.17, 15) is 5.11 Å². The van der Waals surface area contributed by atoms with Gasteiger partial charge in [0.25, 0.3) is 0 Å². The lowest BCUT2D eigenvalue weighted by Crippen LogP contribution is -2.66. The summed E-state index contributed by atoms with van der Waals surface area (Å²) in [5, 5.41) is 12.1. The van der Waals surface area contributed by atoms with Crippen molar-refractivity contribution in [2.24, 2.45) is 28.6 Å². The highest BCUT2D eigenvalue weighted by Gasteiger charge is 2.71. The topological polar surface area (TPSA) is 57.2 Å². The third kappa shape index (κ3) is 2.19. The van der Waals surface area contributed by atoms with Crippen molar-refractivity contribution in [3.63, 3.8) is 0 Å². The second-order valence-corrected chi connectivity index (χ2v) is 11.2. The number of aliphatic hydroxyl groups is 1. The molecule has 6 aliphatic rings. The van der Waals surface area contributed by atoms with E-state index < -0.39 is 11.4 Å². The highest BCUT2D eigenvalue weighted by Crippen LogP contribution is 2.71. The van der Waals surface area contributed by atoms with E-state index in [-0.39, 0.29) is 16.6 Å². The van der Waals surface area contributed by atoms with Crippen LogP contribution in [0.3, 0.4) is 0 Å². The van der Waals surface area contributed by atoms with Crippen LogP contribution in [-0.2, 0) is 18.9 Å². The summed E-state index contributed by atoms with van der Waals surface area (Å²) in [5.41, 5.74) is 0.00549. The van der Waals surface area contributed by atoms with Crippen molar-refractivity contribution in [3.05, 3.63) is 12.2 Å². The van der Waals surface area contributed by atoms with E-state index in [1.54, 1.807) is 0 Å². The van der Waals surface area contributed by atoms with Gasteiger partial charge in [-0.1, -0.05) is 20.4 Å². The van der Waals surface area contributed by atoms with Crippen LogP contribution in [-0.4, -0.2) is 48.7 Å². The van der Waals surface area contributed by atoms with Crippen LogP contribution in [0.1, 0.15) is 65.2 Å². The summed E-state index contributed by atoms with van der Waals surface area (Å²) in [4.78, 5) is 0. The Bertz CT molecular complexity index is 723. The summed E-state index contributed by atoms with van der Waals surface area (Å²) in [5.74, 6) is 0.661. The molecule has 0 aromatic carbocycles. The minimum Gasteiger partial charge on any atom is -0.385 e. The van der Waals surface area contributed by atoms with E-state index in [1.165, 1.54) is 0 Å². The van der Waals surface area contributed by atoms with Gasteiger partial charge in [0.2, 0.25) is 0 Å². The molecule has 2 heterocycles. The zero-order chi connectivity index (χ0) is 20.1. The molecule has 2 aliphatic heterocycles. The minimum absolute atomic E-state index is 0.0737. The average molecular weight is 405 g/mol. The van der Waals surface area contributed by atoms with Crippen LogP contribution in [0, 0.1) is 28.6 Å². The van der Waals surface area contributed by atoms with Crippen LogP contribution < -0.4 is 0 Å². The van der Waals surface area contributed by atoms with Gasteiger partial charge >= 0.3 is 0 Å². The Hall–Kier alpha value is -0.460. The molecule has 4 aliphatic carbocycles. The second-order valence-electron chi connectivity index (χ2n) is 11.2. The first kappa shape index (κ1) is 19.2. The molecule has 5 heteroatoms. The van der Waals surface area contributed by atoms with Gasteiger partial charge in [0.15, 0.2) is 11.6 Å². The minimum atomic E-state index is -0.902. The SMILES string of the molecule is C=C1C[C@H]2[C@@H]3CCC4(OCCO4)[C@@]3(C)CC[C@@H]2[C@@]2(C)CCC3(C[C@]12O)OCCO3. The fourth-order valence-electron chi connectivity index (χ4n) is 8.80. The molecule has 0 aromatic rings. The number of rotatable bonds is 0. The molecule has 2 saturated heterocycles. The highest BCUT2D eigenvalue weighted by atomic mass is 16.7. The summed E-state index contributed by atoms with van der Waals surface area (Å²) in [6.45, 7) is 11.9. The molecule has 5 nitrogen and oxygen atoms in total. The number of ether oxygens (including phenoxy) is 4. The van der Waals surface area contributed by atoms with E-state index in [0.717, 1.165) is 63.7 Å². The highest BCUT2D eigenvalue weighted by molar-refractivity contribution is 5.30. The lowest BCUT2D eigenvalue weighted by atomic mass is 9.42. The molecule has 0 unspecified atom stereocenters. The largest absolute Gasteiger partial charge is 0.385 e. The zero-order valence-electron chi connectivity index (χ0n) is 18.0. The molecule has 0 bridgehead atoms. The monoisotopic (exact) mass is 404 g/mol. The van der Waals surface area contributed by atoms with Gasteiger partial charge in [0.05, 0.1) is 32.0 Å². The first-order valence-corrected chi connectivity index (χ1v) is 11.7. The van der Waals surface area contributed by atoms with Crippen LogP contribution in [0.2, 0.25) is 0 Å². The van der Waals surface area contributed by atoms with Gasteiger partial charge in [-0.3, -0.25) is 0 Å². The molecular formula is C24H36O5. The molecule has 162 valence electrons. The van der Waals surface area contributed by atoms with Crippen LogP contribution >= 0.6 is 0 Å². The van der Waals surface area contributed by atoms with E-state index >= 15 is 0 Å². The van der Waals surface area contributed by atoms with Crippen LogP contribution in [0.15, 0.2) is 12.2 Å². The maximum atomic E-state index is 12.1. The third-order valence-corrected chi connectivity index (χ3v) is 10.4. The molecular weight excluding hydrogens is 368 g/mol. The predicted molar refractivity (Wildman–Crippen MR) is 107 cm³/mol. The normalized spacial score (nSPS) is 52.5. The fourth-order valence-corrected chi connectivity index (χ4v) is 8.80.